The molecule has 1 amide bonds. The first kappa shape index (κ1) is 16.6. The fourth-order valence-electron chi connectivity index (χ4n) is 3.94. The van der Waals surface area contributed by atoms with Crippen LogP contribution in [0.1, 0.15) is 63.7 Å². The number of nitrogens with zero attached hydrogens (tertiary/aromatic N) is 1. The summed E-state index contributed by atoms with van der Waals surface area (Å²) in [6.45, 7) is 5.17. The van der Waals surface area contributed by atoms with Crippen LogP contribution < -0.4 is 5.32 Å². The summed E-state index contributed by atoms with van der Waals surface area (Å²) in [5.74, 6) is 2.25. The first-order chi connectivity index (χ1) is 11.2. The Kier molecular flexibility index (Phi) is 5.76. The van der Waals surface area contributed by atoms with Gasteiger partial charge < -0.3 is 9.73 Å². The van der Waals surface area contributed by atoms with Crippen LogP contribution in [0.3, 0.4) is 0 Å². The molecule has 0 bridgehead atoms. The highest BCUT2D eigenvalue weighted by molar-refractivity contribution is 5.78. The molecule has 0 radical (unpaired) electrons. The fraction of sp³-hybridized carbons (Fsp3) is 0.737. The Labute approximate surface area is 139 Å². The second-order valence-electron chi connectivity index (χ2n) is 7.33. The van der Waals surface area contributed by atoms with Crippen LogP contribution in [-0.2, 0) is 4.79 Å². The van der Waals surface area contributed by atoms with Gasteiger partial charge in [-0.25, -0.2) is 0 Å². The van der Waals surface area contributed by atoms with Crippen molar-refractivity contribution < 1.29 is 9.21 Å². The zero-order chi connectivity index (χ0) is 16.1. The minimum absolute atomic E-state index is 0.171. The normalized spacial score (nSPS) is 22.8. The second-order valence-corrected chi connectivity index (χ2v) is 7.33. The van der Waals surface area contributed by atoms with E-state index in [4.69, 9.17) is 4.42 Å². The summed E-state index contributed by atoms with van der Waals surface area (Å²) < 4.78 is 5.66. The van der Waals surface area contributed by atoms with Gasteiger partial charge in [-0.05, 0) is 56.8 Å². The third-order valence-electron chi connectivity index (χ3n) is 5.58. The molecule has 0 aromatic carbocycles. The number of amides is 1. The standard InChI is InChI=1S/C19H30N2O2/c1-15-9-11-21(12-10-15)17(18-8-5-13-23-18)14-20-19(22)16-6-3-2-4-7-16/h5,8,13,15-17H,2-4,6-7,9-12,14H2,1H3,(H,20,22). The lowest BCUT2D eigenvalue weighted by Gasteiger charge is -2.36. The minimum Gasteiger partial charge on any atom is -0.468 e. The third-order valence-corrected chi connectivity index (χ3v) is 5.58. The van der Waals surface area contributed by atoms with Gasteiger partial charge in [0.05, 0.1) is 12.3 Å². The Morgan fingerprint density at radius 2 is 2.00 bits per heavy atom. The summed E-state index contributed by atoms with van der Waals surface area (Å²) >= 11 is 0. The van der Waals surface area contributed by atoms with Gasteiger partial charge in [0.1, 0.15) is 5.76 Å². The Hall–Kier alpha value is -1.29. The molecule has 1 aliphatic carbocycles. The summed E-state index contributed by atoms with van der Waals surface area (Å²) in [7, 11) is 0. The molecular weight excluding hydrogens is 288 g/mol. The van der Waals surface area contributed by atoms with Crippen LogP contribution in [0.5, 0.6) is 0 Å². The maximum atomic E-state index is 12.4. The van der Waals surface area contributed by atoms with Crippen LogP contribution in [0.15, 0.2) is 22.8 Å². The van der Waals surface area contributed by atoms with Crippen LogP contribution in [0.2, 0.25) is 0 Å². The monoisotopic (exact) mass is 318 g/mol. The van der Waals surface area contributed by atoms with E-state index in [9.17, 15) is 4.79 Å². The lowest BCUT2D eigenvalue weighted by Crippen LogP contribution is -2.43. The molecule has 128 valence electrons. The number of furan rings is 1. The van der Waals surface area contributed by atoms with E-state index in [2.05, 4.69) is 17.1 Å². The largest absolute Gasteiger partial charge is 0.468 e. The lowest BCUT2D eigenvalue weighted by atomic mass is 9.88. The predicted molar refractivity (Wildman–Crippen MR) is 91.0 cm³/mol. The Morgan fingerprint density at radius 1 is 1.26 bits per heavy atom. The number of carbonyl (C=O) groups is 1. The van der Waals surface area contributed by atoms with Gasteiger partial charge in [-0.3, -0.25) is 9.69 Å². The highest BCUT2D eigenvalue weighted by Gasteiger charge is 2.28. The zero-order valence-corrected chi connectivity index (χ0v) is 14.3. The Morgan fingerprint density at radius 3 is 2.65 bits per heavy atom. The molecule has 2 aliphatic rings. The van der Waals surface area contributed by atoms with Crippen molar-refractivity contribution in [3.05, 3.63) is 24.2 Å². The number of rotatable bonds is 5. The van der Waals surface area contributed by atoms with Gasteiger partial charge in [-0.15, -0.1) is 0 Å². The molecule has 1 N–H and O–H groups in total. The van der Waals surface area contributed by atoms with E-state index in [1.807, 2.05) is 12.1 Å². The van der Waals surface area contributed by atoms with Crippen molar-refractivity contribution in [2.24, 2.45) is 11.8 Å². The van der Waals surface area contributed by atoms with Crippen LogP contribution in [0.25, 0.3) is 0 Å². The van der Waals surface area contributed by atoms with E-state index in [1.165, 1.54) is 32.1 Å². The maximum Gasteiger partial charge on any atom is 0.223 e. The van der Waals surface area contributed by atoms with E-state index < -0.39 is 0 Å². The molecule has 1 atom stereocenters. The molecule has 0 spiro atoms. The van der Waals surface area contributed by atoms with Crippen LogP contribution >= 0.6 is 0 Å². The summed E-state index contributed by atoms with van der Waals surface area (Å²) in [6.07, 6.45) is 9.98. The quantitative estimate of drug-likeness (QED) is 0.899. The first-order valence-corrected chi connectivity index (χ1v) is 9.29. The van der Waals surface area contributed by atoms with E-state index in [0.717, 1.165) is 37.6 Å². The molecule has 4 nitrogen and oxygen atoms in total. The number of hydrogen-bond acceptors (Lipinski definition) is 3. The van der Waals surface area contributed by atoms with Crippen molar-refractivity contribution in [1.82, 2.24) is 10.2 Å². The number of likely N-dealkylation sites (tertiary alicyclic amines) is 1. The van der Waals surface area contributed by atoms with Gasteiger partial charge in [0, 0.05) is 12.5 Å². The molecule has 1 unspecified atom stereocenters. The summed E-state index contributed by atoms with van der Waals surface area (Å²) in [4.78, 5) is 14.9. The minimum atomic E-state index is 0.171. The SMILES string of the molecule is CC1CCN(C(CNC(=O)C2CCCCC2)c2ccco2)CC1. The van der Waals surface area contributed by atoms with Gasteiger partial charge in [0.2, 0.25) is 5.91 Å². The van der Waals surface area contributed by atoms with Crippen molar-refractivity contribution >= 4 is 5.91 Å². The first-order valence-electron chi connectivity index (χ1n) is 9.29. The van der Waals surface area contributed by atoms with E-state index >= 15 is 0 Å². The van der Waals surface area contributed by atoms with Crippen molar-refractivity contribution in [3.63, 3.8) is 0 Å². The van der Waals surface area contributed by atoms with Gasteiger partial charge in [0.25, 0.3) is 0 Å². The van der Waals surface area contributed by atoms with Gasteiger partial charge in [-0.2, -0.15) is 0 Å². The van der Waals surface area contributed by atoms with Crippen molar-refractivity contribution in [1.29, 1.82) is 0 Å². The highest BCUT2D eigenvalue weighted by Crippen LogP contribution is 2.27. The summed E-state index contributed by atoms with van der Waals surface area (Å²) in [6, 6.07) is 4.15. The lowest BCUT2D eigenvalue weighted by molar-refractivity contribution is -0.126. The van der Waals surface area contributed by atoms with Gasteiger partial charge in [-0.1, -0.05) is 26.2 Å². The molecule has 4 heteroatoms. The number of nitrogens with one attached hydrogen (secondary N) is 1. The molecule has 1 aliphatic heterocycles. The molecule has 1 aromatic heterocycles. The van der Waals surface area contributed by atoms with Crippen molar-refractivity contribution in [3.8, 4) is 0 Å². The van der Waals surface area contributed by atoms with E-state index in [0.29, 0.717) is 6.54 Å². The second kappa shape index (κ2) is 8.00. The average Bonchev–Trinajstić information content (AvgIpc) is 3.11. The molecule has 23 heavy (non-hydrogen) atoms. The molecule has 1 saturated carbocycles. The van der Waals surface area contributed by atoms with Gasteiger partial charge in [0.15, 0.2) is 0 Å². The maximum absolute atomic E-state index is 12.4. The van der Waals surface area contributed by atoms with Crippen molar-refractivity contribution in [2.45, 2.75) is 57.9 Å². The Balaban J connectivity index is 1.59. The molecular formula is C19H30N2O2. The van der Waals surface area contributed by atoms with E-state index in [-0.39, 0.29) is 17.9 Å². The predicted octanol–water partition coefficient (Wildman–Crippen LogP) is 3.75. The number of carbonyl (C=O) groups excluding carboxylic acids is 1. The highest BCUT2D eigenvalue weighted by atomic mass is 16.3. The Bertz CT molecular complexity index is 472. The molecule has 1 aromatic rings. The zero-order valence-electron chi connectivity index (χ0n) is 14.3. The van der Waals surface area contributed by atoms with Crippen LogP contribution in [-0.4, -0.2) is 30.4 Å². The molecule has 3 rings (SSSR count). The van der Waals surface area contributed by atoms with Crippen LogP contribution in [0.4, 0.5) is 0 Å². The fourth-order valence-corrected chi connectivity index (χ4v) is 3.94. The summed E-state index contributed by atoms with van der Waals surface area (Å²) in [5.41, 5.74) is 0. The smallest absolute Gasteiger partial charge is 0.223 e. The van der Waals surface area contributed by atoms with Gasteiger partial charge >= 0.3 is 0 Å². The van der Waals surface area contributed by atoms with Crippen LogP contribution in [0, 0.1) is 11.8 Å². The third kappa shape index (κ3) is 4.37. The number of hydrogen-bond donors (Lipinski definition) is 1. The molecule has 2 fully saturated rings. The topological polar surface area (TPSA) is 45.5 Å². The van der Waals surface area contributed by atoms with E-state index in [1.54, 1.807) is 6.26 Å². The molecule has 2 heterocycles. The molecule has 1 saturated heterocycles. The van der Waals surface area contributed by atoms with Crippen molar-refractivity contribution in [2.75, 3.05) is 19.6 Å². The number of piperidine rings is 1. The average molecular weight is 318 g/mol. The summed E-state index contributed by atoms with van der Waals surface area (Å²) in [5, 5.41) is 3.21.